The Hall–Kier alpha value is -1.63. The van der Waals surface area contributed by atoms with Crippen molar-refractivity contribution in [1.29, 1.82) is 0 Å². The molecule has 0 amide bonds. The number of alkyl halides is 3. The molecule has 1 rings (SSSR count). The number of ketones is 1. The smallest absolute Gasteiger partial charge is 0.450 e. The van der Waals surface area contributed by atoms with Gasteiger partial charge in [-0.15, -0.1) is 0 Å². The average Bonchev–Trinajstić information content (AvgIpc) is 2.38. The fourth-order valence-electron chi connectivity index (χ4n) is 1.63. The molecular weight excluding hydrogens is 316 g/mol. The van der Waals surface area contributed by atoms with Gasteiger partial charge in [0.15, 0.2) is 0 Å². The second kappa shape index (κ2) is 6.89. The SMILES string of the molecule is CCOC(=O)C(Cc1ccc(F)c(Cl)c1)C(=O)C(F)(F)F. The molecule has 116 valence electrons. The highest BCUT2D eigenvalue weighted by molar-refractivity contribution is 6.30. The van der Waals surface area contributed by atoms with Crippen LogP contribution in [-0.4, -0.2) is 24.5 Å². The van der Waals surface area contributed by atoms with Gasteiger partial charge < -0.3 is 4.74 Å². The Morgan fingerprint density at radius 3 is 2.43 bits per heavy atom. The van der Waals surface area contributed by atoms with Crippen molar-refractivity contribution in [2.75, 3.05) is 6.61 Å². The first-order chi connectivity index (χ1) is 9.66. The lowest BCUT2D eigenvalue weighted by Crippen LogP contribution is -2.37. The summed E-state index contributed by atoms with van der Waals surface area (Å²) in [4.78, 5) is 22.8. The zero-order chi connectivity index (χ0) is 16.2. The molecule has 0 aliphatic heterocycles. The maximum Gasteiger partial charge on any atom is 0.450 e. The minimum Gasteiger partial charge on any atom is -0.465 e. The first-order valence-electron chi connectivity index (χ1n) is 5.88. The van der Waals surface area contributed by atoms with Gasteiger partial charge >= 0.3 is 12.1 Å². The van der Waals surface area contributed by atoms with E-state index in [0.717, 1.165) is 18.2 Å². The number of rotatable bonds is 5. The number of carbonyl (C=O) groups is 2. The summed E-state index contributed by atoms with van der Waals surface area (Å²) in [6.07, 6.45) is -5.74. The minimum atomic E-state index is -5.17. The van der Waals surface area contributed by atoms with Crippen LogP contribution in [0.1, 0.15) is 12.5 Å². The van der Waals surface area contributed by atoms with Crippen LogP contribution in [0.15, 0.2) is 18.2 Å². The predicted octanol–water partition coefficient (Wildman–Crippen LogP) is 3.33. The van der Waals surface area contributed by atoms with Gasteiger partial charge in [0.05, 0.1) is 11.6 Å². The van der Waals surface area contributed by atoms with E-state index in [0.29, 0.717) is 0 Å². The first-order valence-corrected chi connectivity index (χ1v) is 6.26. The minimum absolute atomic E-state index is 0.122. The second-order valence-corrected chi connectivity index (χ2v) is 4.53. The Labute approximate surface area is 122 Å². The third-order valence-electron chi connectivity index (χ3n) is 2.59. The Morgan fingerprint density at radius 2 is 1.95 bits per heavy atom. The zero-order valence-corrected chi connectivity index (χ0v) is 11.6. The van der Waals surface area contributed by atoms with Gasteiger partial charge in [0, 0.05) is 0 Å². The number of hydrogen-bond acceptors (Lipinski definition) is 3. The lowest BCUT2D eigenvalue weighted by molar-refractivity contribution is -0.180. The van der Waals surface area contributed by atoms with Gasteiger partial charge in [0.2, 0.25) is 0 Å². The highest BCUT2D eigenvalue weighted by Gasteiger charge is 2.46. The fourth-order valence-corrected chi connectivity index (χ4v) is 1.83. The quantitative estimate of drug-likeness (QED) is 0.473. The van der Waals surface area contributed by atoms with Crippen LogP contribution in [0.25, 0.3) is 0 Å². The van der Waals surface area contributed by atoms with Crippen LogP contribution in [0.5, 0.6) is 0 Å². The van der Waals surface area contributed by atoms with E-state index < -0.39 is 36.1 Å². The molecule has 0 N–H and O–H groups in total. The van der Waals surface area contributed by atoms with Gasteiger partial charge in [-0.1, -0.05) is 17.7 Å². The highest BCUT2D eigenvalue weighted by atomic mass is 35.5. The molecule has 3 nitrogen and oxygen atoms in total. The van der Waals surface area contributed by atoms with Gasteiger partial charge in [0.25, 0.3) is 5.78 Å². The van der Waals surface area contributed by atoms with Crippen molar-refractivity contribution < 1.29 is 31.9 Å². The molecular formula is C13H11ClF4O3. The summed E-state index contributed by atoms with van der Waals surface area (Å²) in [5.74, 6) is -6.27. The van der Waals surface area contributed by atoms with Gasteiger partial charge in [-0.2, -0.15) is 13.2 Å². The van der Waals surface area contributed by atoms with Crippen LogP contribution in [0, 0.1) is 11.7 Å². The van der Waals surface area contributed by atoms with Crippen molar-refractivity contribution in [3.63, 3.8) is 0 Å². The Morgan fingerprint density at radius 1 is 1.33 bits per heavy atom. The van der Waals surface area contributed by atoms with Crippen molar-refractivity contribution in [3.8, 4) is 0 Å². The molecule has 21 heavy (non-hydrogen) atoms. The summed E-state index contributed by atoms with van der Waals surface area (Å²) >= 11 is 5.51. The summed E-state index contributed by atoms with van der Waals surface area (Å²) < 4.78 is 55.0. The Balaban J connectivity index is 3.04. The van der Waals surface area contributed by atoms with Gasteiger partial charge in [-0.05, 0) is 31.0 Å². The highest BCUT2D eigenvalue weighted by Crippen LogP contribution is 2.26. The number of ether oxygens (including phenoxy) is 1. The van der Waals surface area contributed by atoms with E-state index in [4.69, 9.17) is 11.6 Å². The maximum atomic E-state index is 13.0. The Bertz CT molecular complexity index is 543. The summed E-state index contributed by atoms with van der Waals surface area (Å²) in [6.45, 7) is 1.24. The molecule has 0 bridgehead atoms. The lowest BCUT2D eigenvalue weighted by Gasteiger charge is -2.16. The van der Waals surface area contributed by atoms with Gasteiger partial charge in [-0.25, -0.2) is 4.39 Å². The van der Waals surface area contributed by atoms with E-state index in [9.17, 15) is 27.2 Å². The van der Waals surface area contributed by atoms with E-state index >= 15 is 0 Å². The summed E-state index contributed by atoms with van der Waals surface area (Å²) in [6, 6.07) is 3.15. The number of carbonyl (C=O) groups excluding carboxylic acids is 2. The van der Waals surface area contributed by atoms with Gasteiger partial charge in [-0.3, -0.25) is 9.59 Å². The zero-order valence-electron chi connectivity index (χ0n) is 10.8. The third-order valence-corrected chi connectivity index (χ3v) is 2.88. The number of benzene rings is 1. The molecule has 0 saturated carbocycles. The van der Waals surface area contributed by atoms with Crippen molar-refractivity contribution in [2.45, 2.75) is 19.5 Å². The second-order valence-electron chi connectivity index (χ2n) is 4.12. The number of Topliss-reactive ketones (excluding diaryl/α,β-unsaturated/α-hetero) is 1. The molecule has 0 saturated heterocycles. The molecule has 1 atom stereocenters. The largest absolute Gasteiger partial charge is 0.465 e. The van der Waals surface area contributed by atoms with Crippen LogP contribution in [0.4, 0.5) is 17.6 Å². The lowest BCUT2D eigenvalue weighted by atomic mass is 9.95. The number of esters is 1. The van der Waals surface area contributed by atoms with Crippen LogP contribution >= 0.6 is 11.6 Å². The molecule has 0 spiro atoms. The van der Waals surface area contributed by atoms with Crippen LogP contribution in [0.2, 0.25) is 5.02 Å². The Kier molecular flexibility index (Phi) is 5.71. The van der Waals surface area contributed by atoms with Gasteiger partial charge in [0.1, 0.15) is 11.7 Å². The van der Waals surface area contributed by atoms with E-state index in [1.54, 1.807) is 0 Å². The van der Waals surface area contributed by atoms with Crippen molar-refractivity contribution in [3.05, 3.63) is 34.6 Å². The van der Waals surface area contributed by atoms with Crippen LogP contribution in [-0.2, 0) is 20.7 Å². The number of hydrogen-bond donors (Lipinski definition) is 0. The van der Waals surface area contributed by atoms with E-state index in [1.807, 2.05) is 0 Å². The summed E-state index contributed by atoms with van der Waals surface area (Å²) in [5.41, 5.74) is 0.122. The third kappa shape index (κ3) is 4.70. The topological polar surface area (TPSA) is 43.4 Å². The molecule has 0 radical (unpaired) electrons. The normalized spacial score (nSPS) is 12.9. The molecule has 1 unspecified atom stereocenters. The van der Waals surface area contributed by atoms with Crippen LogP contribution < -0.4 is 0 Å². The summed E-state index contributed by atoms with van der Waals surface area (Å²) in [5, 5.41) is -0.311. The van der Waals surface area contributed by atoms with Crippen molar-refractivity contribution in [1.82, 2.24) is 0 Å². The maximum absolute atomic E-state index is 13.0. The average molecular weight is 327 g/mol. The molecule has 1 aromatic rings. The fraction of sp³-hybridized carbons (Fsp3) is 0.385. The van der Waals surface area contributed by atoms with E-state index in [1.165, 1.54) is 6.92 Å². The molecule has 0 aliphatic rings. The van der Waals surface area contributed by atoms with Crippen LogP contribution in [0.3, 0.4) is 0 Å². The molecule has 0 aliphatic carbocycles. The summed E-state index contributed by atoms with van der Waals surface area (Å²) in [7, 11) is 0. The van der Waals surface area contributed by atoms with E-state index in [2.05, 4.69) is 4.74 Å². The first kappa shape index (κ1) is 17.4. The van der Waals surface area contributed by atoms with Crippen molar-refractivity contribution in [2.24, 2.45) is 5.92 Å². The molecule has 1 aromatic carbocycles. The van der Waals surface area contributed by atoms with Crippen molar-refractivity contribution >= 4 is 23.4 Å². The number of halogens is 5. The monoisotopic (exact) mass is 326 g/mol. The molecule has 0 aromatic heterocycles. The predicted molar refractivity (Wildman–Crippen MR) is 66.3 cm³/mol. The standard InChI is InChI=1S/C13H11ClF4O3/c1-2-21-12(20)8(11(19)13(16,17)18)5-7-3-4-10(15)9(14)6-7/h3-4,6,8H,2,5H2,1H3. The molecule has 8 heteroatoms. The molecule has 0 fully saturated rings. The molecule has 0 heterocycles. The van der Waals surface area contributed by atoms with E-state index in [-0.39, 0.29) is 17.2 Å².